The molecule has 0 amide bonds. The van der Waals surface area contributed by atoms with Crippen molar-refractivity contribution in [3.63, 3.8) is 0 Å². The molecule has 0 radical (unpaired) electrons. The molecule has 1 N–H and O–H groups in total. The second-order valence-electron chi connectivity index (χ2n) is 6.25. The first-order valence-electron chi connectivity index (χ1n) is 8.36. The zero-order chi connectivity index (χ0) is 17.4. The van der Waals surface area contributed by atoms with Crippen molar-refractivity contribution in [2.24, 2.45) is 0 Å². The predicted octanol–water partition coefficient (Wildman–Crippen LogP) is 2.55. The second-order valence-corrected chi connectivity index (χ2v) is 6.25. The third kappa shape index (κ3) is 2.62. The summed E-state index contributed by atoms with van der Waals surface area (Å²) < 4.78 is 0. The Morgan fingerprint density at radius 1 is 0.960 bits per heavy atom. The van der Waals surface area contributed by atoms with Gasteiger partial charge in [-0.15, -0.1) is 0 Å². The van der Waals surface area contributed by atoms with Crippen LogP contribution in [0.1, 0.15) is 31.8 Å². The fourth-order valence-electron chi connectivity index (χ4n) is 3.38. The Bertz CT molecular complexity index is 888. The number of fused-ring (bicyclic) bond motifs is 2. The number of benzene rings is 2. The van der Waals surface area contributed by atoms with Crippen LogP contribution >= 0.6 is 0 Å². The molecule has 2 aromatic carbocycles. The fourth-order valence-corrected chi connectivity index (χ4v) is 3.38. The first kappa shape index (κ1) is 15.6. The van der Waals surface area contributed by atoms with Crippen molar-refractivity contribution in [3.8, 4) is 0 Å². The number of hydrazine groups is 1. The highest BCUT2D eigenvalue weighted by Crippen LogP contribution is 2.31. The van der Waals surface area contributed by atoms with Crippen LogP contribution in [0.15, 0.2) is 54.7 Å². The van der Waals surface area contributed by atoms with Gasteiger partial charge in [-0.2, -0.15) is 0 Å². The van der Waals surface area contributed by atoms with E-state index in [4.69, 9.17) is 0 Å². The molecular formula is C20H19N3O2. The molecule has 2 aromatic rings. The molecule has 0 aromatic heterocycles. The largest absolute Gasteiger partial charge is 0.383 e. The van der Waals surface area contributed by atoms with Crippen molar-refractivity contribution in [2.45, 2.75) is 0 Å². The molecule has 5 nitrogen and oxygen atoms in total. The van der Waals surface area contributed by atoms with Crippen LogP contribution in [0.2, 0.25) is 0 Å². The molecule has 1 aliphatic carbocycles. The third-order valence-electron chi connectivity index (χ3n) is 4.69. The molecule has 5 heteroatoms. The van der Waals surface area contributed by atoms with Crippen molar-refractivity contribution in [3.05, 3.63) is 77.0 Å². The van der Waals surface area contributed by atoms with Crippen molar-refractivity contribution in [2.75, 3.05) is 32.0 Å². The molecule has 1 heterocycles. The Labute approximate surface area is 146 Å². The lowest BCUT2D eigenvalue weighted by Gasteiger charge is -2.26. The number of hydrogen-bond donors (Lipinski definition) is 1. The van der Waals surface area contributed by atoms with Gasteiger partial charge < -0.3 is 10.3 Å². The van der Waals surface area contributed by atoms with E-state index < -0.39 is 0 Å². The number of carbonyl (C=O) groups is 2. The molecule has 0 saturated carbocycles. The number of anilines is 1. The van der Waals surface area contributed by atoms with Gasteiger partial charge in [0.2, 0.25) is 0 Å². The summed E-state index contributed by atoms with van der Waals surface area (Å²) in [5.41, 5.74) is 2.65. The van der Waals surface area contributed by atoms with Gasteiger partial charge in [0.25, 0.3) is 0 Å². The summed E-state index contributed by atoms with van der Waals surface area (Å²) in [5.74, 6) is -0.178. The van der Waals surface area contributed by atoms with Crippen LogP contribution in [0.4, 0.5) is 5.69 Å². The number of carbonyl (C=O) groups excluding carboxylic acids is 2. The van der Waals surface area contributed by atoms with Crippen molar-refractivity contribution < 1.29 is 9.59 Å². The average Bonchev–Trinajstić information content (AvgIpc) is 3.04. The SMILES string of the molecule is CN1CC=CN1CCNc1cccc2c1C(=O)c1ccccc1C2=O. The summed E-state index contributed by atoms with van der Waals surface area (Å²) in [6.07, 6.45) is 4.15. The van der Waals surface area contributed by atoms with Crippen LogP contribution in [0.3, 0.4) is 0 Å². The van der Waals surface area contributed by atoms with E-state index in [-0.39, 0.29) is 11.6 Å². The third-order valence-corrected chi connectivity index (χ3v) is 4.69. The highest BCUT2D eigenvalue weighted by atomic mass is 16.1. The summed E-state index contributed by atoms with van der Waals surface area (Å²) in [6, 6.07) is 12.4. The van der Waals surface area contributed by atoms with Gasteiger partial charge in [0.05, 0.1) is 12.1 Å². The van der Waals surface area contributed by atoms with Crippen molar-refractivity contribution >= 4 is 17.3 Å². The fraction of sp³-hybridized carbons (Fsp3) is 0.200. The van der Waals surface area contributed by atoms with Crippen LogP contribution in [-0.2, 0) is 0 Å². The van der Waals surface area contributed by atoms with Crippen molar-refractivity contribution in [1.82, 2.24) is 10.0 Å². The quantitative estimate of drug-likeness (QED) is 0.795. The highest BCUT2D eigenvalue weighted by molar-refractivity contribution is 6.30. The van der Waals surface area contributed by atoms with Gasteiger partial charge in [0, 0.05) is 48.7 Å². The molecule has 0 fully saturated rings. The van der Waals surface area contributed by atoms with Gasteiger partial charge >= 0.3 is 0 Å². The number of ketones is 2. The Morgan fingerprint density at radius 3 is 2.40 bits per heavy atom. The van der Waals surface area contributed by atoms with Gasteiger partial charge in [-0.25, -0.2) is 5.01 Å². The standard InChI is InChI=1S/C20H19N3O2/c1-22-11-5-12-23(22)13-10-21-17-9-4-8-16-18(17)20(25)15-7-3-2-6-14(15)19(16)24/h2-9,12,21H,10-11,13H2,1H3. The Balaban J connectivity index is 1.60. The molecule has 126 valence electrons. The van der Waals surface area contributed by atoms with Gasteiger partial charge in [-0.1, -0.05) is 42.5 Å². The average molecular weight is 333 g/mol. The van der Waals surface area contributed by atoms with E-state index in [2.05, 4.69) is 21.4 Å². The van der Waals surface area contributed by atoms with Crippen LogP contribution < -0.4 is 5.32 Å². The molecule has 0 spiro atoms. The predicted molar refractivity (Wildman–Crippen MR) is 96.7 cm³/mol. The molecule has 4 rings (SSSR count). The maximum absolute atomic E-state index is 12.9. The van der Waals surface area contributed by atoms with Crippen molar-refractivity contribution in [1.29, 1.82) is 0 Å². The zero-order valence-corrected chi connectivity index (χ0v) is 14.0. The Kier molecular flexibility index (Phi) is 3.86. The zero-order valence-electron chi connectivity index (χ0n) is 14.0. The molecule has 0 bridgehead atoms. The minimum Gasteiger partial charge on any atom is -0.383 e. The summed E-state index contributed by atoms with van der Waals surface area (Å²) in [5, 5.41) is 7.56. The number of rotatable bonds is 4. The van der Waals surface area contributed by atoms with E-state index in [0.717, 1.165) is 18.8 Å². The number of hydrogen-bond acceptors (Lipinski definition) is 5. The number of likely N-dealkylation sites (N-methyl/N-ethyl adjacent to an activating group) is 1. The van der Waals surface area contributed by atoms with Crippen LogP contribution in [0.25, 0.3) is 0 Å². The molecular weight excluding hydrogens is 314 g/mol. The lowest BCUT2D eigenvalue weighted by molar-refractivity contribution is 0.0891. The van der Waals surface area contributed by atoms with Crippen LogP contribution in [0.5, 0.6) is 0 Å². The lowest BCUT2D eigenvalue weighted by Crippen LogP contribution is -2.35. The van der Waals surface area contributed by atoms with E-state index in [1.807, 2.05) is 25.4 Å². The van der Waals surface area contributed by atoms with E-state index in [0.29, 0.717) is 28.8 Å². The molecule has 0 saturated heterocycles. The van der Waals surface area contributed by atoms with E-state index in [1.54, 1.807) is 30.3 Å². The molecule has 25 heavy (non-hydrogen) atoms. The minimum absolute atomic E-state index is 0.0870. The smallest absolute Gasteiger partial charge is 0.196 e. The van der Waals surface area contributed by atoms with Gasteiger partial charge in [-0.05, 0) is 6.07 Å². The molecule has 1 aliphatic heterocycles. The summed E-state index contributed by atoms with van der Waals surface area (Å²) >= 11 is 0. The van der Waals surface area contributed by atoms with Gasteiger partial charge in [0.15, 0.2) is 11.6 Å². The maximum Gasteiger partial charge on any atom is 0.196 e. The molecule has 0 atom stereocenters. The maximum atomic E-state index is 12.9. The van der Waals surface area contributed by atoms with E-state index in [9.17, 15) is 9.59 Å². The summed E-state index contributed by atoms with van der Waals surface area (Å²) in [4.78, 5) is 25.7. The molecule has 0 unspecified atom stereocenters. The topological polar surface area (TPSA) is 52.6 Å². The second kappa shape index (κ2) is 6.18. The summed E-state index contributed by atoms with van der Waals surface area (Å²) in [6.45, 7) is 2.37. The summed E-state index contributed by atoms with van der Waals surface area (Å²) in [7, 11) is 2.03. The normalized spacial score (nSPS) is 16.1. The first-order chi connectivity index (χ1) is 12.2. The van der Waals surface area contributed by atoms with Gasteiger partial charge in [-0.3, -0.25) is 9.59 Å². The lowest BCUT2D eigenvalue weighted by atomic mass is 9.83. The van der Waals surface area contributed by atoms with Crippen LogP contribution in [0, 0.1) is 0 Å². The van der Waals surface area contributed by atoms with E-state index >= 15 is 0 Å². The monoisotopic (exact) mass is 333 g/mol. The van der Waals surface area contributed by atoms with E-state index in [1.165, 1.54) is 0 Å². The Morgan fingerprint density at radius 2 is 1.68 bits per heavy atom. The van der Waals surface area contributed by atoms with Gasteiger partial charge in [0.1, 0.15) is 0 Å². The number of nitrogens with one attached hydrogen (secondary N) is 1. The first-order valence-corrected chi connectivity index (χ1v) is 8.36. The Hall–Kier alpha value is -2.92. The minimum atomic E-state index is -0.0912. The van der Waals surface area contributed by atoms with Crippen LogP contribution in [-0.4, -0.2) is 48.3 Å². The molecule has 2 aliphatic rings. The highest BCUT2D eigenvalue weighted by Gasteiger charge is 2.31. The number of nitrogens with zero attached hydrogens (tertiary/aromatic N) is 2.